The molecule has 100 valence electrons. The van der Waals surface area contributed by atoms with Gasteiger partial charge < -0.3 is 10.5 Å². The first kappa shape index (κ1) is 13.3. The molecule has 7 heteroatoms. The van der Waals surface area contributed by atoms with Crippen molar-refractivity contribution in [3.05, 3.63) is 18.3 Å². The van der Waals surface area contributed by atoms with E-state index in [0.29, 0.717) is 19.4 Å². The second-order valence-electron chi connectivity index (χ2n) is 4.26. The summed E-state index contributed by atoms with van der Waals surface area (Å²) in [5, 5.41) is -0.107. The first-order chi connectivity index (χ1) is 8.53. The van der Waals surface area contributed by atoms with Crippen molar-refractivity contribution in [2.24, 2.45) is 0 Å². The van der Waals surface area contributed by atoms with Gasteiger partial charge in [-0.15, -0.1) is 0 Å². The predicted molar refractivity (Wildman–Crippen MR) is 67.4 cm³/mol. The smallest absolute Gasteiger partial charge is 0.260 e. The molecule has 1 aromatic rings. The third-order valence-corrected chi connectivity index (χ3v) is 4.37. The van der Waals surface area contributed by atoms with Crippen molar-refractivity contribution >= 4 is 15.7 Å². The third-order valence-electron chi connectivity index (χ3n) is 2.87. The lowest BCUT2D eigenvalue weighted by atomic mass is 9.90. The predicted octanol–water partition coefficient (Wildman–Crippen LogP) is 0.510. The first-order valence-corrected chi connectivity index (χ1v) is 7.35. The molecule has 0 radical (unpaired) electrons. The molecule has 1 saturated carbocycles. The van der Waals surface area contributed by atoms with E-state index >= 15 is 0 Å². The Morgan fingerprint density at radius 3 is 2.89 bits per heavy atom. The zero-order chi connectivity index (χ0) is 13.2. The van der Waals surface area contributed by atoms with Crippen molar-refractivity contribution < 1.29 is 13.2 Å². The first-order valence-electron chi connectivity index (χ1n) is 5.87. The van der Waals surface area contributed by atoms with Crippen LogP contribution in [-0.2, 0) is 14.8 Å². The fraction of sp³-hybridized carbons (Fsp3) is 0.545. The monoisotopic (exact) mass is 271 g/mol. The van der Waals surface area contributed by atoms with Gasteiger partial charge in [-0.2, -0.15) is 0 Å². The molecule has 0 unspecified atom stereocenters. The maximum Gasteiger partial charge on any atom is 0.260 e. The molecule has 2 rings (SSSR count). The van der Waals surface area contributed by atoms with E-state index in [4.69, 9.17) is 10.5 Å². The molecule has 0 amide bonds. The van der Waals surface area contributed by atoms with E-state index in [1.54, 1.807) is 6.07 Å². The van der Waals surface area contributed by atoms with Crippen molar-refractivity contribution in [2.75, 3.05) is 12.3 Å². The van der Waals surface area contributed by atoms with Gasteiger partial charge in [0.15, 0.2) is 5.03 Å². The highest BCUT2D eigenvalue weighted by Gasteiger charge is 2.34. The van der Waals surface area contributed by atoms with Crippen molar-refractivity contribution in [3.63, 3.8) is 0 Å². The van der Waals surface area contributed by atoms with Gasteiger partial charge >= 0.3 is 0 Å². The highest BCUT2D eigenvalue weighted by molar-refractivity contribution is 7.89. The quantitative estimate of drug-likeness (QED) is 0.813. The number of nitrogen functional groups attached to an aromatic ring is 1. The van der Waals surface area contributed by atoms with E-state index in [9.17, 15) is 8.42 Å². The fourth-order valence-corrected chi connectivity index (χ4v) is 3.26. The van der Waals surface area contributed by atoms with Gasteiger partial charge in [-0.05, 0) is 31.9 Å². The Bertz CT molecular complexity index is 512. The van der Waals surface area contributed by atoms with Gasteiger partial charge in [0.2, 0.25) is 0 Å². The average molecular weight is 271 g/mol. The minimum Gasteiger partial charge on any atom is -0.396 e. The van der Waals surface area contributed by atoms with E-state index < -0.39 is 10.0 Å². The number of sulfonamides is 1. The number of ether oxygens (including phenoxy) is 1. The minimum atomic E-state index is -3.63. The molecule has 1 aliphatic carbocycles. The SMILES string of the molecule is CCOC1CC(NS(=O)(=O)c2ncccc2N)C1. The highest BCUT2D eigenvalue weighted by atomic mass is 32.2. The number of nitrogens with zero attached hydrogens (tertiary/aromatic N) is 1. The van der Waals surface area contributed by atoms with Crippen LogP contribution in [0.1, 0.15) is 19.8 Å². The van der Waals surface area contributed by atoms with Crippen molar-refractivity contribution in [3.8, 4) is 0 Å². The average Bonchev–Trinajstić information content (AvgIpc) is 2.26. The summed E-state index contributed by atoms with van der Waals surface area (Å²) in [6.45, 7) is 2.57. The van der Waals surface area contributed by atoms with Crippen LogP contribution >= 0.6 is 0 Å². The minimum absolute atomic E-state index is 0.0899. The van der Waals surface area contributed by atoms with Crippen LogP contribution in [-0.4, -0.2) is 32.2 Å². The largest absolute Gasteiger partial charge is 0.396 e. The molecular formula is C11H17N3O3S. The van der Waals surface area contributed by atoms with Crippen molar-refractivity contribution in [2.45, 2.75) is 36.9 Å². The zero-order valence-electron chi connectivity index (χ0n) is 10.2. The summed E-state index contributed by atoms with van der Waals surface area (Å²) in [5.41, 5.74) is 5.77. The van der Waals surface area contributed by atoms with Crippen molar-refractivity contribution in [1.82, 2.24) is 9.71 Å². The van der Waals surface area contributed by atoms with Crippen molar-refractivity contribution in [1.29, 1.82) is 0 Å². The Morgan fingerprint density at radius 2 is 2.28 bits per heavy atom. The molecule has 18 heavy (non-hydrogen) atoms. The van der Waals surface area contributed by atoms with E-state index in [-0.39, 0.29) is 22.9 Å². The van der Waals surface area contributed by atoms with Crippen LogP contribution in [0, 0.1) is 0 Å². The Labute approximate surface area is 107 Å². The number of pyridine rings is 1. The number of nitrogens with one attached hydrogen (secondary N) is 1. The van der Waals surface area contributed by atoms with E-state index in [0.717, 1.165) is 0 Å². The maximum atomic E-state index is 12.0. The fourth-order valence-electron chi connectivity index (χ4n) is 1.94. The normalized spacial score (nSPS) is 23.6. The number of aromatic nitrogens is 1. The molecular weight excluding hydrogens is 254 g/mol. The molecule has 0 saturated heterocycles. The number of hydrogen-bond acceptors (Lipinski definition) is 5. The number of nitrogens with two attached hydrogens (primary N) is 1. The van der Waals surface area contributed by atoms with Gasteiger partial charge in [-0.1, -0.05) is 0 Å². The van der Waals surface area contributed by atoms with Crippen LogP contribution in [0.2, 0.25) is 0 Å². The van der Waals surface area contributed by atoms with Crippen LogP contribution in [0.5, 0.6) is 0 Å². The van der Waals surface area contributed by atoms with E-state index in [2.05, 4.69) is 9.71 Å². The highest BCUT2D eigenvalue weighted by Crippen LogP contribution is 2.25. The van der Waals surface area contributed by atoms with Gasteiger partial charge in [0.1, 0.15) is 0 Å². The Balaban J connectivity index is 2.00. The van der Waals surface area contributed by atoms with Crippen LogP contribution in [0.15, 0.2) is 23.4 Å². The van der Waals surface area contributed by atoms with Gasteiger partial charge in [-0.25, -0.2) is 18.1 Å². The van der Waals surface area contributed by atoms with Gasteiger partial charge in [0.05, 0.1) is 11.8 Å². The van der Waals surface area contributed by atoms with Gasteiger partial charge in [0.25, 0.3) is 10.0 Å². The van der Waals surface area contributed by atoms with Crippen LogP contribution in [0.4, 0.5) is 5.69 Å². The molecule has 6 nitrogen and oxygen atoms in total. The summed E-state index contributed by atoms with van der Waals surface area (Å²) in [6.07, 6.45) is 2.96. The van der Waals surface area contributed by atoms with E-state index in [1.807, 2.05) is 6.92 Å². The van der Waals surface area contributed by atoms with E-state index in [1.165, 1.54) is 12.3 Å². The Kier molecular flexibility index (Phi) is 3.84. The molecule has 0 spiro atoms. The summed E-state index contributed by atoms with van der Waals surface area (Å²) < 4.78 is 32.0. The van der Waals surface area contributed by atoms with Crippen LogP contribution in [0.3, 0.4) is 0 Å². The number of hydrogen-bond donors (Lipinski definition) is 2. The molecule has 3 N–H and O–H groups in total. The third kappa shape index (κ3) is 2.80. The molecule has 0 bridgehead atoms. The lowest BCUT2D eigenvalue weighted by Crippen LogP contribution is -2.47. The molecule has 1 heterocycles. The van der Waals surface area contributed by atoms with Crippen LogP contribution < -0.4 is 10.5 Å². The molecule has 0 aliphatic heterocycles. The Hall–Kier alpha value is -1.18. The molecule has 0 atom stereocenters. The molecule has 1 aliphatic rings. The Morgan fingerprint density at radius 1 is 1.56 bits per heavy atom. The van der Waals surface area contributed by atoms with Gasteiger partial charge in [0, 0.05) is 18.8 Å². The second-order valence-corrected chi connectivity index (χ2v) is 5.89. The molecule has 1 fully saturated rings. The lowest BCUT2D eigenvalue weighted by molar-refractivity contribution is -0.00476. The standard InChI is InChI=1S/C11H17N3O3S/c1-2-17-9-6-8(7-9)14-18(15,16)11-10(12)4-3-5-13-11/h3-5,8-9,14H,2,6-7,12H2,1H3. The zero-order valence-corrected chi connectivity index (χ0v) is 11.0. The lowest BCUT2D eigenvalue weighted by Gasteiger charge is -2.34. The summed E-state index contributed by atoms with van der Waals surface area (Å²) in [6, 6.07) is 3.03. The summed E-state index contributed by atoms with van der Waals surface area (Å²) in [4.78, 5) is 3.81. The summed E-state index contributed by atoms with van der Waals surface area (Å²) in [5.74, 6) is 0. The number of rotatable bonds is 5. The molecule has 0 aromatic carbocycles. The van der Waals surface area contributed by atoms with Crippen LogP contribution in [0.25, 0.3) is 0 Å². The second kappa shape index (κ2) is 5.21. The maximum absolute atomic E-state index is 12.0. The topological polar surface area (TPSA) is 94.3 Å². The summed E-state index contributed by atoms with van der Waals surface area (Å²) >= 11 is 0. The molecule has 1 aromatic heterocycles. The van der Waals surface area contributed by atoms with Gasteiger partial charge in [-0.3, -0.25) is 0 Å². The summed E-state index contributed by atoms with van der Waals surface area (Å²) in [7, 11) is -3.63. The number of anilines is 1.